The molecule has 120 valence electrons. The fourth-order valence-corrected chi connectivity index (χ4v) is 3.05. The Kier molecular flexibility index (Phi) is 5.41. The molecule has 2 atom stereocenters. The van der Waals surface area contributed by atoms with E-state index in [1.807, 2.05) is 4.90 Å². The third-order valence-corrected chi connectivity index (χ3v) is 4.10. The first-order valence-corrected chi connectivity index (χ1v) is 7.55. The number of aliphatic carboxylic acids is 1. The monoisotopic (exact) mass is 299 g/mol. The first-order chi connectivity index (χ1) is 9.97. The molecular formula is C14H25N3O4. The van der Waals surface area contributed by atoms with E-state index in [9.17, 15) is 9.59 Å². The van der Waals surface area contributed by atoms with E-state index in [1.54, 1.807) is 4.90 Å². The second kappa shape index (κ2) is 7.09. The molecule has 0 spiro atoms. The lowest BCUT2D eigenvalue weighted by Crippen LogP contribution is -2.54. The lowest BCUT2D eigenvalue weighted by Gasteiger charge is -2.38. The van der Waals surface area contributed by atoms with Crippen molar-refractivity contribution in [1.82, 2.24) is 14.7 Å². The van der Waals surface area contributed by atoms with Gasteiger partial charge in [-0.15, -0.1) is 0 Å². The third kappa shape index (κ3) is 4.31. The van der Waals surface area contributed by atoms with Crippen LogP contribution in [0.15, 0.2) is 0 Å². The summed E-state index contributed by atoms with van der Waals surface area (Å²) in [6.07, 6.45) is 0.516. The number of carbonyl (C=O) groups is 2. The number of carbonyl (C=O) groups excluding carboxylic acids is 1. The SMILES string of the molecule is CC1CN(C)CCCN1C(=O)N1CCOC(CC(=O)O)C1. The molecule has 0 saturated carbocycles. The molecule has 0 aromatic carbocycles. The van der Waals surface area contributed by atoms with Crippen molar-refractivity contribution in [2.24, 2.45) is 0 Å². The van der Waals surface area contributed by atoms with E-state index in [-0.39, 0.29) is 18.5 Å². The van der Waals surface area contributed by atoms with Crippen LogP contribution >= 0.6 is 0 Å². The molecule has 7 heteroatoms. The van der Waals surface area contributed by atoms with Crippen molar-refractivity contribution in [3.8, 4) is 0 Å². The Morgan fingerprint density at radius 1 is 1.24 bits per heavy atom. The van der Waals surface area contributed by atoms with Crippen LogP contribution in [-0.2, 0) is 9.53 Å². The number of carboxylic acids is 1. The van der Waals surface area contributed by atoms with Crippen LogP contribution in [-0.4, -0.2) is 90.3 Å². The smallest absolute Gasteiger partial charge is 0.320 e. The predicted molar refractivity (Wildman–Crippen MR) is 77.2 cm³/mol. The Morgan fingerprint density at radius 2 is 2.00 bits per heavy atom. The topological polar surface area (TPSA) is 73.3 Å². The average Bonchev–Trinajstić information content (AvgIpc) is 2.58. The molecule has 2 fully saturated rings. The van der Waals surface area contributed by atoms with Gasteiger partial charge in [0.25, 0.3) is 0 Å². The molecule has 7 nitrogen and oxygen atoms in total. The van der Waals surface area contributed by atoms with Crippen molar-refractivity contribution >= 4 is 12.0 Å². The summed E-state index contributed by atoms with van der Waals surface area (Å²) < 4.78 is 5.42. The molecule has 2 unspecified atom stereocenters. The van der Waals surface area contributed by atoms with Crippen LogP contribution in [0.4, 0.5) is 4.79 Å². The van der Waals surface area contributed by atoms with Crippen LogP contribution in [0.25, 0.3) is 0 Å². The predicted octanol–water partition coefficient (Wildman–Crippen LogP) is 0.308. The van der Waals surface area contributed by atoms with E-state index in [0.29, 0.717) is 19.7 Å². The lowest BCUT2D eigenvalue weighted by atomic mass is 10.2. The quantitative estimate of drug-likeness (QED) is 0.794. The number of carboxylic acid groups (broad SMARTS) is 1. The van der Waals surface area contributed by atoms with E-state index in [1.165, 1.54) is 0 Å². The van der Waals surface area contributed by atoms with Crippen LogP contribution in [0, 0.1) is 0 Å². The maximum atomic E-state index is 12.7. The molecule has 0 radical (unpaired) electrons. The summed E-state index contributed by atoms with van der Waals surface area (Å²) in [5, 5.41) is 8.85. The molecule has 2 saturated heterocycles. The summed E-state index contributed by atoms with van der Waals surface area (Å²) >= 11 is 0. The minimum absolute atomic E-state index is 0.0106. The second-order valence-electron chi connectivity index (χ2n) is 5.98. The maximum absolute atomic E-state index is 12.7. The summed E-state index contributed by atoms with van der Waals surface area (Å²) in [5.41, 5.74) is 0. The van der Waals surface area contributed by atoms with Crippen molar-refractivity contribution in [2.75, 3.05) is 46.4 Å². The van der Waals surface area contributed by atoms with Crippen LogP contribution in [0.1, 0.15) is 19.8 Å². The number of nitrogens with zero attached hydrogens (tertiary/aromatic N) is 3. The molecule has 2 aliphatic rings. The Balaban J connectivity index is 1.96. The zero-order valence-electron chi connectivity index (χ0n) is 12.8. The van der Waals surface area contributed by atoms with Gasteiger partial charge in [0.15, 0.2) is 0 Å². The fourth-order valence-electron chi connectivity index (χ4n) is 3.05. The van der Waals surface area contributed by atoms with Gasteiger partial charge in [-0.05, 0) is 26.9 Å². The van der Waals surface area contributed by atoms with Crippen molar-refractivity contribution in [3.05, 3.63) is 0 Å². The number of rotatable bonds is 2. The number of ether oxygens (including phenoxy) is 1. The molecule has 0 aromatic heterocycles. The fraction of sp³-hybridized carbons (Fsp3) is 0.857. The van der Waals surface area contributed by atoms with Gasteiger partial charge in [0, 0.05) is 32.2 Å². The van der Waals surface area contributed by atoms with Crippen molar-refractivity contribution in [3.63, 3.8) is 0 Å². The van der Waals surface area contributed by atoms with Gasteiger partial charge in [0.2, 0.25) is 0 Å². The van der Waals surface area contributed by atoms with E-state index in [4.69, 9.17) is 9.84 Å². The van der Waals surface area contributed by atoms with Gasteiger partial charge in [-0.25, -0.2) is 4.79 Å². The van der Waals surface area contributed by atoms with Gasteiger partial charge < -0.3 is 24.5 Å². The Bertz CT molecular complexity index is 390. The van der Waals surface area contributed by atoms with Crippen molar-refractivity contribution in [1.29, 1.82) is 0 Å². The highest BCUT2D eigenvalue weighted by molar-refractivity contribution is 5.75. The molecule has 0 bridgehead atoms. The highest BCUT2D eigenvalue weighted by Crippen LogP contribution is 2.15. The van der Waals surface area contributed by atoms with Crippen LogP contribution in [0.3, 0.4) is 0 Å². The number of urea groups is 1. The lowest BCUT2D eigenvalue weighted by molar-refractivity contribution is -0.141. The highest BCUT2D eigenvalue weighted by atomic mass is 16.5. The molecule has 0 aliphatic carbocycles. The van der Waals surface area contributed by atoms with E-state index in [2.05, 4.69) is 18.9 Å². The Morgan fingerprint density at radius 3 is 2.71 bits per heavy atom. The zero-order valence-corrected chi connectivity index (χ0v) is 12.8. The molecule has 2 aliphatic heterocycles. The molecular weight excluding hydrogens is 274 g/mol. The summed E-state index contributed by atoms with van der Waals surface area (Å²) in [6.45, 7) is 6.00. The summed E-state index contributed by atoms with van der Waals surface area (Å²) in [6, 6.07) is 0.183. The highest BCUT2D eigenvalue weighted by Gasteiger charge is 2.31. The van der Waals surface area contributed by atoms with Gasteiger partial charge in [-0.2, -0.15) is 0 Å². The van der Waals surface area contributed by atoms with Gasteiger partial charge in [-0.1, -0.05) is 0 Å². The molecule has 2 heterocycles. The molecule has 0 aromatic rings. The number of hydrogen-bond donors (Lipinski definition) is 1. The number of morpholine rings is 1. The standard InChI is InChI=1S/C14H25N3O4/c1-11-9-15(2)4-3-5-17(11)14(20)16-6-7-21-12(10-16)8-13(18)19/h11-12H,3-10H2,1-2H3,(H,18,19). The number of likely N-dealkylation sites (N-methyl/N-ethyl adjacent to an activating group) is 1. The van der Waals surface area contributed by atoms with Crippen LogP contribution in [0.5, 0.6) is 0 Å². The summed E-state index contributed by atoms with van der Waals surface area (Å²) in [5.74, 6) is -0.890. The summed E-state index contributed by atoms with van der Waals surface area (Å²) in [7, 11) is 2.07. The first kappa shape index (κ1) is 16.0. The molecule has 2 rings (SSSR count). The van der Waals surface area contributed by atoms with Gasteiger partial charge in [0.05, 0.1) is 19.1 Å². The normalized spacial score (nSPS) is 28.3. The minimum atomic E-state index is -0.890. The largest absolute Gasteiger partial charge is 0.481 e. The molecule has 21 heavy (non-hydrogen) atoms. The van der Waals surface area contributed by atoms with E-state index < -0.39 is 12.1 Å². The van der Waals surface area contributed by atoms with Gasteiger partial charge in [-0.3, -0.25) is 4.79 Å². The van der Waals surface area contributed by atoms with Gasteiger partial charge >= 0.3 is 12.0 Å². The van der Waals surface area contributed by atoms with Crippen molar-refractivity contribution in [2.45, 2.75) is 31.9 Å². The number of hydrogen-bond acceptors (Lipinski definition) is 4. The van der Waals surface area contributed by atoms with Crippen LogP contribution < -0.4 is 0 Å². The first-order valence-electron chi connectivity index (χ1n) is 7.55. The summed E-state index contributed by atoms with van der Waals surface area (Å²) in [4.78, 5) is 29.3. The average molecular weight is 299 g/mol. The van der Waals surface area contributed by atoms with E-state index >= 15 is 0 Å². The second-order valence-corrected chi connectivity index (χ2v) is 5.98. The Hall–Kier alpha value is -1.34. The van der Waals surface area contributed by atoms with Crippen molar-refractivity contribution < 1.29 is 19.4 Å². The zero-order chi connectivity index (χ0) is 15.4. The number of amides is 2. The third-order valence-electron chi connectivity index (χ3n) is 4.10. The molecule has 1 N–H and O–H groups in total. The van der Waals surface area contributed by atoms with Crippen LogP contribution in [0.2, 0.25) is 0 Å². The van der Waals surface area contributed by atoms with Gasteiger partial charge in [0.1, 0.15) is 0 Å². The van der Waals surface area contributed by atoms with E-state index in [0.717, 1.165) is 26.1 Å². The molecule has 2 amide bonds. The Labute approximate surface area is 125 Å². The minimum Gasteiger partial charge on any atom is -0.481 e. The maximum Gasteiger partial charge on any atom is 0.320 e.